The van der Waals surface area contributed by atoms with Gasteiger partial charge in [0.2, 0.25) is 0 Å². The summed E-state index contributed by atoms with van der Waals surface area (Å²) in [6.45, 7) is 3.91. The minimum atomic E-state index is 0.415. The molecule has 4 nitrogen and oxygen atoms in total. The smallest absolute Gasteiger partial charge is 0.152 e. The van der Waals surface area contributed by atoms with Crippen molar-refractivity contribution in [2.24, 2.45) is 9.98 Å². The van der Waals surface area contributed by atoms with Gasteiger partial charge in [-0.3, -0.25) is 9.98 Å². The van der Waals surface area contributed by atoms with Crippen LogP contribution in [0.25, 0.3) is 20.3 Å². The first kappa shape index (κ1) is 13.3. The number of hydrogen-bond acceptors (Lipinski definition) is 5. The molecular formula is C14H11BrN4S. The summed E-state index contributed by atoms with van der Waals surface area (Å²) in [5, 5.41) is 2.19. The molecule has 0 aliphatic heterocycles. The first-order chi connectivity index (χ1) is 9.72. The quantitative estimate of drug-likeness (QED) is 0.676. The molecule has 0 saturated carbocycles. The maximum Gasteiger partial charge on any atom is 0.152 e. The lowest BCUT2D eigenvalue weighted by Crippen LogP contribution is -1.98. The second-order valence-electron chi connectivity index (χ2n) is 4.22. The molecule has 0 bridgehead atoms. The molecule has 100 valence electrons. The van der Waals surface area contributed by atoms with E-state index in [1.54, 1.807) is 24.6 Å². The highest BCUT2D eigenvalue weighted by molar-refractivity contribution is 9.10. The van der Waals surface area contributed by atoms with Crippen molar-refractivity contribution in [2.45, 2.75) is 6.54 Å². The Kier molecular flexibility index (Phi) is 3.58. The molecule has 0 N–H and O–H groups in total. The molecule has 0 spiro atoms. The van der Waals surface area contributed by atoms with Crippen LogP contribution in [0.3, 0.4) is 0 Å². The van der Waals surface area contributed by atoms with Crippen molar-refractivity contribution < 1.29 is 0 Å². The van der Waals surface area contributed by atoms with E-state index < -0.39 is 0 Å². The van der Waals surface area contributed by atoms with Crippen molar-refractivity contribution in [1.82, 2.24) is 9.97 Å². The summed E-state index contributed by atoms with van der Waals surface area (Å²) >= 11 is 5.17. The zero-order valence-electron chi connectivity index (χ0n) is 10.8. The lowest BCUT2D eigenvalue weighted by molar-refractivity contribution is 0.934. The summed E-state index contributed by atoms with van der Waals surface area (Å²) in [4.78, 5) is 18.0. The van der Waals surface area contributed by atoms with Gasteiger partial charge in [-0.1, -0.05) is 15.9 Å². The summed E-state index contributed by atoms with van der Waals surface area (Å²) in [6.07, 6.45) is 1.77. The van der Waals surface area contributed by atoms with Crippen LogP contribution in [0.1, 0.15) is 11.5 Å². The maximum atomic E-state index is 4.57. The van der Waals surface area contributed by atoms with E-state index in [1.807, 2.05) is 6.07 Å². The lowest BCUT2D eigenvalue weighted by Gasteiger charge is -2.01. The summed E-state index contributed by atoms with van der Waals surface area (Å²) in [6, 6.07) is 6.21. The summed E-state index contributed by atoms with van der Waals surface area (Å²) < 4.78 is 2.23. The van der Waals surface area contributed by atoms with Crippen LogP contribution < -0.4 is 0 Å². The van der Waals surface area contributed by atoms with Gasteiger partial charge in [-0.2, -0.15) is 0 Å². The fourth-order valence-corrected chi connectivity index (χ4v) is 3.55. The third-order valence-corrected chi connectivity index (χ3v) is 4.43. The Morgan fingerprint density at radius 1 is 1.40 bits per heavy atom. The SMILES string of the molecule is C=NCc1nc(C=NC)c2c(n1)sc1ccc(Br)cc12. The number of rotatable bonds is 3. The van der Waals surface area contributed by atoms with Gasteiger partial charge in [0.1, 0.15) is 4.83 Å². The second kappa shape index (κ2) is 5.38. The molecule has 3 rings (SSSR count). The number of aromatic nitrogens is 2. The summed E-state index contributed by atoms with van der Waals surface area (Å²) in [5.41, 5.74) is 0.834. The number of hydrogen-bond donors (Lipinski definition) is 0. The topological polar surface area (TPSA) is 50.5 Å². The van der Waals surface area contributed by atoms with E-state index in [4.69, 9.17) is 0 Å². The van der Waals surface area contributed by atoms with E-state index >= 15 is 0 Å². The molecule has 0 amide bonds. The summed E-state index contributed by atoms with van der Waals surface area (Å²) in [7, 11) is 1.74. The highest BCUT2D eigenvalue weighted by atomic mass is 79.9. The van der Waals surface area contributed by atoms with E-state index in [9.17, 15) is 0 Å². The molecule has 0 fully saturated rings. The summed E-state index contributed by atoms with van der Waals surface area (Å²) in [5.74, 6) is 0.674. The molecule has 6 heteroatoms. The van der Waals surface area contributed by atoms with Crippen molar-refractivity contribution in [3.05, 3.63) is 34.2 Å². The van der Waals surface area contributed by atoms with Crippen LogP contribution in [0.2, 0.25) is 0 Å². The number of aliphatic imine (C=N–C) groups is 2. The molecule has 1 aromatic carbocycles. The fraction of sp³-hybridized carbons (Fsp3) is 0.143. The Bertz CT molecular complexity index is 838. The Hall–Kier alpha value is -1.66. The number of nitrogens with zero attached hydrogens (tertiary/aromatic N) is 4. The van der Waals surface area contributed by atoms with Gasteiger partial charge in [-0.25, -0.2) is 9.97 Å². The lowest BCUT2D eigenvalue weighted by atomic mass is 10.1. The van der Waals surface area contributed by atoms with Gasteiger partial charge in [0, 0.05) is 33.2 Å². The van der Waals surface area contributed by atoms with E-state index in [0.717, 1.165) is 25.8 Å². The van der Waals surface area contributed by atoms with E-state index in [2.05, 4.69) is 54.7 Å². The number of fused-ring (bicyclic) bond motifs is 3. The highest BCUT2D eigenvalue weighted by Gasteiger charge is 2.13. The Balaban J connectivity index is 2.41. The van der Waals surface area contributed by atoms with E-state index in [0.29, 0.717) is 12.4 Å². The monoisotopic (exact) mass is 346 g/mol. The maximum absolute atomic E-state index is 4.57. The fourth-order valence-electron chi connectivity index (χ4n) is 2.11. The molecule has 3 aromatic rings. The van der Waals surface area contributed by atoms with Gasteiger partial charge in [0.05, 0.1) is 12.2 Å². The normalized spacial score (nSPS) is 11.7. The Morgan fingerprint density at radius 2 is 2.25 bits per heavy atom. The third-order valence-electron chi connectivity index (χ3n) is 2.87. The van der Waals surface area contributed by atoms with Crippen LogP contribution in [0, 0.1) is 0 Å². The van der Waals surface area contributed by atoms with Gasteiger partial charge in [-0.15, -0.1) is 11.3 Å². The average Bonchev–Trinajstić information content (AvgIpc) is 2.77. The van der Waals surface area contributed by atoms with Crippen LogP contribution in [-0.4, -0.2) is 29.9 Å². The van der Waals surface area contributed by atoms with Crippen LogP contribution in [-0.2, 0) is 6.54 Å². The first-order valence-electron chi connectivity index (χ1n) is 5.96. The van der Waals surface area contributed by atoms with Gasteiger partial charge in [0.15, 0.2) is 5.82 Å². The molecule has 2 aromatic heterocycles. The molecule has 0 aliphatic rings. The molecule has 0 atom stereocenters. The minimum absolute atomic E-state index is 0.415. The van der Waals surface area contributed by atoms with Crippen molar-refractivity contribution in [3.8, 4) is 0 Å². The molecule has 2 heterocycles. The molecule has 0 radical (unpaired) electrons. The van der Waals surface area contributed by atoms with Crippen molar-refractivity contribution in [2.75, 3.05) is 7.05 Å². The predicted octanol–water partition coefficient (Wildman–Crippen LogP) is 3.86. The van der Waals surface area contributed by atoms with E-state index in [-0.39, 0.29) is 0 Å². The largest absolute Gasteiger partial charge is 0.294 e. The van der Waals surface area contributed by atoms with Crippen LogP contribution in [0.5, 0.6) is 0 Å². The zero-order valence-corrected chi connectivity index (χ0v) is 13.2. The second-order valence-corrected chi connectivity index (χ2v) is 6.16. The molecule has 20 heavy (non-hydrogen) atoms. The molecule has 0 saturated heterocycles. The van der Waals surface area contributed by atoms with Crippen LogP contribution >= 0.6 is 27.3 Å². The minimum Gasteiger partial charge on any atom is -0.294 e. The van der Waals surface area contributed by atoms with Crippen LogP contribution in [0.15, 0.2) is 32.7 Å². The third kappa shape index (κ3) is 2.25. The van der Waals surface area contributed by atoms with E-state index in [1.165, 1.54) is 4.70 Å². The van der Waals surface area contributed by atoms with Crippen molar-refractivity contribution in [3.63, 3.8) is 0 Å². The highest BCUT2D eigenvalue weighted by Crippen LogP contribution is 2.35. The van der Waals surface area contributed by atoms with Crippen molar-refractivity contribution in [1.29, 1.82) is 0 Å². The molecule has 0 unspecified atom stereocenters. The first-order valence-corrected chi connectivity index (χ1v) is 7.57. The molecule has 0 aliphatic carbocycles. The molecular weight excluding hydrogens is 336 g/mol. The van der Waals surface area contributed by atoms with Gasteiger partial charge in [0.25, 0.3) is 0 Å². The number of thiophene rings is 1. The average molecular weight is 347 g/mol. The predicted molar refractivity (Wildman–Crippen MR) is 89.4 cm³/mol. The van der Waals surface area contributed by atoms with Gasteiger partial charge in [-0.05, 0) is 24.9 Å². The zero-order chi connectivity index (χ0) is 14.1. The standard InChI is InChI=1S/C14H11BrN4S/c1-16-6-10-13-9-5-8(15)3-4-11(9)20-14(13)19-12(18-10)7-17-2/h3-6H,2,7H2,1H3. The van der Waals surface area contributed by atoms with Crippen LogP contribution in [0.4, 0.5) is 0 Å². The van der Waals surface area contributed by atoms with Gasteiger partial charge >= 0.3 is 0 Å². The number of halogens is 1. The Morgan fingerprint density at radius 3 is 3.00 bits per heavy atom. The van der Waals surface area contributed by atoms with Crippen molar-refractivity contribution >= 4 is 60.5 Å². The Labute approximate surface area is 128 Å². The number of benzene rings is 1. The van der Waals surface area contributed by atoms with Gasteiger partial charge < -0.3 is 0 Å².